The molecule has 1 aliphatic carbocycles. The van der Waals surface area contributed by atoms with Crippen LogP contribution in [0.5, 0.6) is 0 Å². The lowest BCUT2D eigenvalue weighted by Crippen LogP contribution is -2.35. The normalized spacial score (nSPS) is 24.1. The van der Waals surface area contributed by atoms with Crippen molar-refractivity contribution in [2.24, 2.45) is 17.8 Å². The van der Waals surface area contributed by atoms with Crippen LogP contribution in [0.2, 0.25) is 0 Å². The summed E-state index contributed by atoms with van der Waals surface area (Å²) >= 11 is 1.49. The van der Waals surface area contributed by atoms with Gasteiger partial charge in [0.15, 0.2) is 0 Å². The summed E-state index contributed by atoms with van der Waals surface area (Å²) < 4.78 is 59.1. The van der Waals surface area contributed by atoms with Crippen LogP contribution >= 0.6 is 11.3 Å². The fourth-order valence-corrected chi connectivity index (χ4v) is 7.70. The van der Waals surface area contributed by atoms with Gasteiger partial charge in [0.05, 0.1) is 37.7 Å². The molecule has 4 rings (SSSR count). The Hall–Kier alpha value is -1.98. The third-order valence-corrected chi connectivity index (χ3v) is 10.6. The summed E-state index contributed by atoms with van der Waals surface area (Å²) in [4.78, 5) is 21.7. The summed E-state index contributed by atoms with van der Waals surface area (Å²) in [6.45, 7) is 7.74. The van der Waals surface area contributed by atoms with Crippen LogP contribution in [0.4, 0.5) is 13.2 Å². The third-order valence-electron chi connectivity index (χ3n) is 7.55. The molecule has 2 atom stereocenters. The van der Waals surface area contributed by atoms with Crippen molar-refractivity contribution in [3.8, 4) is 0 Å². The highest BCUT2D eigenvalue weighted by Gasteiger charge is 2.42. The van der Waals surface area contributed by atoms with Gasteiger partial charge >= 0.3 is 6.18 Å². The number of nitrogens with one attached hydrogen (secondary N) is 2. The minimum Gasteiger partial charge on any atom is -0.346 e. The standard InChI is InChI=1S/C26H35F3N4O2S2/c1-4-37(30,35)21-10-9-20(31-13-21)12-32-25(34)22-11-18-15-33(23(16(2)3)24(18)36-22)14-17-5-7-19(8-6-17)26(27,28)29/h9-11,13,16-17,19,23,30H,4-8,12,14-15H2,1-3H3,(H,32,34)/t17?,19?,23-,37+/m0/s1. The van der Waals surface area contributed by atoms with Crippen molar-refractivity contribution in [1.29, 1.82) is 4.78 Å². The number of nitrogens with zero attached hydrogens (tertiary/aromatic N) is 2. The number of thiophene rings is 1. The van der Waals surface area contributed by atoms with E-state index < -0.39 is 21.8 Å². The summed E-state index contributed by atoms with van der Waals surface area (Å²) in [6.07, 6.45) is -0.979. The molecule has 0 saturated heterocycles. The first-order valence-electron chi connectivity index (χ1n) is 12.8. The number of halogens is 3. The first-order valence-corrected chi connectivity index (χ1v) is 15.4. The van der Waals surface area contributed by atoms with Gasteiger partial charge < -0.3 is 5.32 Å². The van der Waals surface area contributed by atoms with E-state index in [4.69, 9.17) is 4.78 Å². The van der Waals surface area contributed by atoms with Gasteiger partial charge in [-0.25, -0.2) is 8.99 Å². The number of carbonyl (C=O) groups excluding carboxylic acids is 1. The molecule has 0 aromatic carbocycles. The monoisotopic (exact) mass is 556 g/mol. The van der Waals surface area contributed by atoms with Crippen molar-refractivity contribution in [3.05, 3.63) is 45.4 Å². The molecular formula is C26H35F3N4O2S2. The number of rotatable bonds is 8. The van der Waals surface area contributed by atoms with Gasteiger partial charge in [0, 0.05) is 36.0 Å². The Labute approximate surface area is 221 Å². The van der Waals surface area contributed by atoms with Crippen LogP contribution in [0, 0.1) is 22.5 Å². The van der Waals surface area contributed by atoms with Gasteiger partial charge in [0.25, 0.3) is 5.91 Å². The zero-order valence-corrected chi connectivity index (χ0v) is 23.1. The lowest BCUT2D eigenvalue weighted by molar-refractivity contribution is -0.184. The number of alkyl halides is 3. The number of amides is 1. The molecule has 0 bridgehead atoms. The quantitative estimate of drug-likeness (QED) is 0.395. The van der Waals surface area contributed by atoms with E-state index in [1.54, 1.807) is 19.1 Å². The van der Waals surface area contributed by atoms with Gasteiger partial charge in [-0.2, -0.15) is 13.2 Å². The second kappa shape index (κ2) is 11.0. The van der Waals surface area contributed by atoms with Gasteiger partial charge in [-0.05, 0) is 61.3 Å². The molecule has 1 saturated carbocycles. The Balaban J connectivity index is 1.36. The van der Waals surface area contributed by atoms with Gasteiger partial charge in [-0.3, -0.25) is 14.7 Å². The lowest BCUT2D eigenvalue weighted by Gasteiger charge is -2.35. The minimum absolute atomic E-state index is 0.161. The number of aromatic nitrogens is 1. The summed E-state index contributed by atoms with van der Waals surface area (Å²) in [6, 6.07) is 5.42. The molecule has 3 heterocycles. The molecule has 1 amide bonds. The van der Waals surface area contributed by atoms with E-state index in [0.717, 1.165) is 12.1 Å². The molecule has 2 aromatic rings. The molecule has 2 N–H and O–H groups in total. The third kappa shape index (κ3) is 6.37. The first-order chi connectivity index (χ1) is 17.4. The van der Waals surface area contributed by atoms with Crippen LogP contribution < -0.4 is 5.32 Å². The number of pyridine rings is 1. The summed E-state index contributed by atoms with van der Waals surface area (Å²) in [5, 5.41) is 2.90. The number of hydrogen-bond donors (Lipinski definition) is 2. The zero-order chi connectivity index (χ0) is 27.0. The molecular weight excluding hydrogens is 521 g/mol. The van der Waals surface area contributed by atoms with E-state index in [1.807, 2.05) is 6.07 Å². The lowest BCUT2D eigenvalue weighted by atomic mass is 9.81. The van der Waals surface area contributed by atoms with Crippen molar-refractivity contribution in [3.63, 3.8) is 0 Å². The van der Waals surface area contributed by atoms with E-state index in [-0.39, 0.29) is 43.0 Å². The van der Waals surface area contributed by atoms with Crippen molar-refractivity contribution < 1.29 is 22.2 Å². The second-order valence-corrected chi connectivity index (χ2v) is 14.0. The number of fused-ring (bicyclic) bond motifs is 1. The van der Waals surface area contributed by atoms with Crippen molar-refractivity contribution in [1.82, 2.24) is 15.2 Å². The Morgan fingerprint density at radius 3 is 2.54 bits per heavy atom. The van der Waals surface area contributed by atoms with Gasteiger partial charge in [0.1, 0.15) is 0 Å². The van der Waals surface area contributed by atoms with E-state index in [0.29, 0.717) is 40.8 Å². The second-order valence-electron chi connectivity index (χ2n) is 10.5. The average molecular weight is 557 g/mol. The van der Waals surface area contributed by atoms with Crippen LogP contribution in [-0.4, -0.2) is 38.5 Å². The molecule has 1 fully saturated rings. The SMILES string of the molecule is CC[S@@](=N)(=O)c1ccc(CNC(=O)c2cc3c(s2)[C@H](C(C)C)N(CC2CCC(C(F)(F)F)CC2)C3)nc1. The van der Waals surface area contributed by atoms with Crippen molar-refractivity contribution in [2.75, 3.05) is 12.3 Å². The molecule has 2 aromatic heterocycles. The Bertz CT molecular complexity index is 1200. The van der Waals surface area contributed by atoms with E-state index in [9.17, 15) is 22.2 Å². The molecule has 37 heavy (non-hydrogen) atoms. The molecule has 204 valence electrons. The summed E-state index contributed by atoms with van der Waals surface area (Å²) in [5.41, 5.74) is 1.75. The predicted octanol–water partition coefficient (Wildman–Crippen LogP) is 6.38. The molecule has 11 heteroatoms. The smallest absolute Gasteiger partial charge is 0.346 e. The Morgan fingerprint density at radius 2 is 1.97 bits per heavy atom. The average Bonchev–Trinajstić information content (AvgIpc) is 3.40. The topological polar surface area (TPSA) is 86.2 Å². The summed E-state index contributed by atoms with van der Waals surface area (Å²) in [5.74, 6) is -0.518. The van der Waals surface area contributed by atoms with Crippen LogP contribution in [0.25, 0.3) is 0 Å². The minimum atomic E-state index is -4.08. The highest BCUT2D eigenvalue weighted by molar-refractivity contribution is 7.92. The van der Waals surface area contributed by atoms with E-state index in [2.05, 4.69) is 29.0 Å². The molecule has 0 spiro atoms. The highest BCUT2D eigenvalue weighted by atomic mass is 32.2. The van der Waals surface area contributed by atoms with E-state index >= 15 is 0 Å². The van der Waals surface area contributed by atoms with Crippen LogP contribution in [0.1, 0.15) is 78.3 Å². The molecule has 0 radical (unpaired) electrons. The van der Waals surface area contributed by atoms with Gasteiger partial charge in [-0.1, -0.05) is 20.8 Å². The van der Waals surface area contributed by atoms with Crippen LogP contribution in [-0.2, 0) is 22.8 Å². The van der Waals surface area contributed by atoms with Crippen molar-refractivity contribution >= 4 is 27.0 Å². The maximum absolute atomic E-state index is 13.0. The fourth-order valence-electron chi connectivity index (χ4n) is 5.45. The molecule has 0 unspecified atom stereocenters. The highest BCUT2D eigenvalue weighted by Crippen LogP contribution is 2.46. The molecule has 6 nitrogen and oxygen atoms in total. The van der Waals surface area contributed by atoms with Crippen LogP contribution in [0.15, 0.2) is 29.3 Å². The van der Waals surface area contributed by atoms with Crippen molar-refractivity contribution in [2.45, 2.75) is 76.7 Å². The maximum Gasteiger partial charge on any atom is 0.391 e. The first kappa shape index (κ1) is 28.0. The maximum atomic E-state index is 13.0. The fraction of sp³-hybridized carbons (Fsp3) is 0.615. The zero-order valence-electron chi connectivity index (χ0n) is 21.4. The number of hydrogen-bond acceptors (Lipinski definition) is 6. The van der Waals surface area contributed by atoms with Gasteiger partial charge in [-0.15, -0.1) is 11.3 Å². The van der Waals surface area contributed by atoms with E-state index in [1.165, 1.54) is 22.4 Å². The summed E-state index contributed by atoms with van der Waals surface area (Å²) in [7, 11) is -2.82. The molecule has 1 aliphatic heterocycles. The Morgan fingerprint density at radius 1 is 1.27 bits per heavy atom. The number of carbonyl (C=O) groups is 1. The predicted molar refractivity (Wildman–Crippen MR) is 139 cm³/mol. The van der Waals surface area contributed by atoms with Gasteiger partial charge in [0.2, 0.25) is 0 Å². The Kier molecular flexibility index (Phi) is 8.35. The largest absolute Gasteiger partial charge is 0.391 e. The molecule has 2 aliphatic rings. The van der Waals surface area contributed by atoms with Crippen LogP contribution in [0.3, 0.4) is 0 Å².